The van der Waals surface area contributed by atoms with Gasteiger partial charge in [-0.25, -0.2) is 0 Å². The molecule has 1 aliphatic heterocycles. The van der Waals surface area contributed by atoms with Gasteiger partial charge in [-0.1, -0.05) is 0 Å². The lowest BCUT2D eigenvalue weighted by molar-refractivity contribution is 0.865. The fraction of sp³-hybridized carbons (Fsp3) is 0.333. The van der Waals surface area contributed by atoms with Crippen molar-refractivity contribution in [3.05, 3.63) is 30.1 Å². The summed E-state index contributed by atoms with van der Waals surface area (Å²) in [7, 11) is 0. The third-order valence-corrected chi connectivity index (χ3v) is 1.88. The molecule has 0 aromatic carbocycles. The maximum atomic E-state index is 4.23. The summed E-state index contributed by atoms with van der Waals surface area (Å²) < 4.78 is 0. The first-order valence-corrected chi connectivity index (χ1v) is 4.36. The smallest absolute Gasteiger partial charge is 0.191 e. The Balaban J connectivity index is 1.86. The van der Waals surface area contributed by atoms with Crippen LogP contribution in [0.5, 0.6) is 0 Å². The molecule has 0 saturated heterocycles. The molecule has 4 heteroatoms. The van der Waals surface area contributed by atoms with Crippen molar-refractivity contribution in [3.63, 3.8) is 0 Å². The first-order valence-electron chi connectivity index (χ1n) is 4.36. The summed E-state index contributed by atoms with van der Waals surface area (Å²) in [5.41, 5.74) is 1.21. The number of nitrogens with zero attached hydrogens (tertiary/aromatic N) is 2. The number of hydrogen-bond acceptors (Lipinski definition) is 4. The summed E-state index contributed by atoms with van der Waals surface area (Å²) in [6, 6.07) is 3.98. The minimum atomic E-state index is 0.800. The number of hydrogen-bond donors (Lipinski definition) is 2. The van der Waals surface area contributed by atoms with Crippen LogP contribution in [0.15, 0.2) is 29.5 Å². The first-order chi connectivity index (χ1) is 6.45. The summed E-state index contributed by atoms with van der Waals surface area (Å²) in [6.07, 6.45) is 3.59. The van der Waals surface area contributed by atoms with Gasteiger partial charge in [-0.2, -0.15) is 0 Å². The Bertz CT molecular complexity index is 294. The van der Waals surface area contributed by atoms with E-state index in [2.05, 4.69) is 20.6 Å². The molecular weight excluding hydrogens is 164 g/mol. The quantitative estimate of drug-likeness (QED) is 0.673. The van der Waals surface area contributed by atoms with Gasteiger partial charge >= 0.3 is 0 Å². The highest BCUT2D eigenvalue weighted by Crippen LogP contribution is 1.95. The van der Waals surface area contributed by atoms with Crippen LogP contribution in [0.25, 0.3) is 0 Å². The SMILES string of the molecule is c1cc(CNC2=NCCN2)ccn1. The Morgan fingerprint density at radius 1 is 1.38 bits per heavy atom. The highest BCUT2D eigenvalue weighted by atomic mass is 15.2. The van der Waals surface area contributed by atoms with Gasteiger partial charge in [0, 0.05) is 25.5 Å². The minimum Gasteiger partial charge on any atom is -0.355 e. The van der Waals surface area contributed by atoms with Crippen molar-refractivity contribution in [2.45, 2.75) is 6.54 Å². The molecule has 2 heterocycles. The summed E-state index contributed by atoms with van der Waals surface area (Å²) >= 11 is 0. The predicted octanol–water partition coefficient (Wildman–Crippen LogP) is 0.130. The van der Waals surface area contributed by atoms with E-state index in [1.54, 1.807) is 12.4 Å². The number of guanidine groups is 1. The molecule has 0 amide bonds. The molecule has 68 valence electrons. The van der Waals surface area contributed by atoms with E-state index in [-0.39, 0.29) is 0 Å². The largest absolute Gasteiger partial charge is 0.355 e. The van der Waals surface area contributed by atoms with E-state index in [9.17, 15) is 0 Å². The zero-order valence-corrected chi connectivity index (χ0v) is 7.33. The fourth-order valence-corrected chi connectivity index (χ4v) is 1.20. The lowest BCUT2D eigenvalue weighted by atomic mass is 10.3. The molecule has 0 atom stereocenters. The Hall–Kier alpha value is -1.58. The van der Waals surface area contributed by atoms with E-state index in [0.29, 0.717) is 0 Å². The van der Waals surface area contributed by atoms with E-state index >= 15 is 0 Å². The molecule has 0 spiro atoms. The molecule has 2 rings (SSSR count). The van der Waals surface area contributed by atoms with Crippen LogP contribution < -0.4 is 10.6 Å². The van der Waals surface area contributed by atoms with Crippen molar-refractivity contribution in [3.8, 4) is 0 Å². The number of rotatable bonds is 2. The van der Waals surface area contributed by atoms with Crippen LogP contribution in [0.1, 0.15) is 5.56 Å². The maximum Gasteiger partial charge on any atom is 0.191 e. The Labute approximate surface area is 77.1 Å². The van der Waals surface area contributed by atoms with Gasteiger partial charge in [0.2, 0.25) is 0 Å². The molecule has 0 radical (unpaired) electrons. The second kappa shape index (κ2) is 3.89. The van der Waals surface area contributed by atoms with E-state index in [4.69, 9.17) is 0 Å². The molecule has 13 heavy (non-hydrogen) atoms. The second-order valence-electron chi connectivity index (χ2n) is 2.87. The average Bonchev–Trinajstić information content (AvgIpc) is 2.69. The molecule has 2 N–H and O–H groups in total. The molecule has 0 bridgehead atoms. The van der Waals surface area contributed by atoms with Crippen LogP contribution in [0.2, 0.25) is 0 Å². The van der Waals surface area contributed by atoms with Crippen LogP contribution in [0, 0.1) is 0 Å². The molecule has 0 fully saturated rings. The highest BCUT2D eigenvalue weighted by Gasteiger charge is 2.02. The van der Waals surface area contributed by atoms with Crippen molar-refractivity contribution >= 4 is 5.96 Å². The van der Waals surface area contributed by atoms with Gasteiger partial charge in [0.1, 0.15) is 0 Å². The molecule has 0 saturated carbocycles. The average molecular weight is 176 g/mol. The van der Waals surface area contributed by atoms with Crippen molar-refractivity contribution in [2.24, 2.45) is 4.99 Å². The Morgan fingerprint density at radius 2 is 2.23 bits per heavy atom. The molecular formula is C9H12N4. The minimum absolute atomic E-state index is 0.800. The number of nitrogens with one attached hydrogen (secondary N) is 2. The molecule has 4 nitrogen and oxygen atoms in total. The molecule has 1 aromatic heterocycles. The molecule has 1 aliphatic rings. The van der Waals surface area contributed by atoms with E-state index in [0.717, 1.165) is 25.6 Å². The van der Waals surface area contributed by atoms with Crippen molar-refractivity contribution < 1.29 is 0 Å². The summed E-state index contributed by atoms with van der Waals surface area (Å²) in [6.45, 7) is 2.62. The van der Waals surface area contributed by atoms with Gasteiger partial charge in [-0.15, -0.1) is 0 Å². The topological polar surface area (TPSA) is 49.3 Å². The lowest BCUT2D eigenvalue weighted by Crippen LogP contribution is -2.33. The van der Waals surface area contributed by atoms with Gasteiger partial charge < -0.3 is 10.6 Å². The standard InChI is InChI=1S/C9H12N4/c1-3-10-4-2-8(1)7-13-9-11-5-6-12-9/h1-4H,5-7H2,(H2,11,12,13). The van der Waals surface area contributed by atoms with E-state index < -0.39 is 0 Å². The van der Waals surface area contributed by atoms with E-state index in [1.165, 1.54) is 5.56 Å². The van der Waals surface area contributed by atoms with Gasteiger partial charge in [0.15, 0.2) is 5.96 Å². The summed E-state index contributed by atoms with van der Waals surface area (Å²) in [5, 5.41) is 6.36. The number of pyridine rings is 1. The van der Waals surface area contributed by atoms with Crippen LogP contribution >= 0.6 is 0 Å². The van der Waals surface area contributed by atoms with Crippen molar-refractivity contribution in [1.82, 2.24) is 15.6 Å². The maximum absolute atomic E-state index is 4.23. The van der Waals surface area contributed by atoms with Gasteiger partial charge in [-0.3, -0.25) is 9.98 Å². The Morgan fingerprint density at radius 3 is 2.92 bits per heavy atom. The van der Waals surface area contributed by atoms with Crippen molar-refractivity contribution in [1.29, 1.82) is 0 Å². The summed E-state index contributed by atoms with van der Waals surface area (Å²) in [5.74, 6) is 0.900. The highest BCUT2D eigenvalue weighted by molar-refractivity contribution is 5.81. The van der Waals surface area contributed by atoms with E-state index in [1.807, 2.05) is 12.1 Å². The number of aliphatic imine (C=N–C) groups is 1. The van der Waals surface area contributed by atoms with Gasteiger partial charge in [0.25, 0.3) is 0 Å². The van der Waals surface area contributed by atoms with Gasteiger partial charge in [-0.05, 0) is 17.7 Å². The molecule has 0 unspecified atom stereocenters. The molecule has 0 aliphatic carbocycles. The lowest BCUT2D eigenvalue weighted by Gasteiger charge is -2.05. The number of aromatic nitrogens is 1. The van der Waals surface area contributed by atoms with Crippen LogP contribution in [0.3, 0.4) is 0 Å². The normalized spacial score (nSPS) is 14.9. The van der Waals surface area contributed by atoms with Crippen LogP contribution in [-0.2, 0) is 6.54 Å². The zero-order chi connectivity index (χ0) is 8.93. The predicted molar refractivity (Wildman–Crippen MR) is 51.4 cm³/mol. The monoisotopic (exact) mass is 176 g/mol. The van der Waals surface area contributed by atoms with Crippen LogP contribution in [0.4, 0.5) is 0 Å². The Kier molecular flexibility index (Phi) is 2.40. The van der Waals surface area contributed by atoms with Crippen molar-refractivity contribution in [2.75, 3.05) is 13.1 Å². The third-order valence-electron chi connectivity index (χ3n) is 1.88. The fourth-order valence-electron chi connectivity index (χ4n) is 1.20. The second-order valence-corrected chi connectivity index (χ2v) is 2.87. The molecule has 1 aromatic rings. The third kappa shape index (κ3) is 2.18. The van der Waals surface area contributed by atoms with Gasteiger partial charge in [0.05, 0.1) is 6.54 Å². The first kappa shape index (κ1) is 8.04. The van der Waals surface area contributed by atoms with Crippen LogP contribution in [-0.4, -0.2) is 24.0 Å². The zero-order valence-electron chi connectivity index (χ0n) is 7.33. The summed E-state index contributed by atoms with van der Waals surface area (Å²) in [4.78, 5) is 8.18.